The van der Waals surface area contributed by atoms with E-state index in [1.165, 1.54) is 12.8 Å². The van der Waals surface area contributed by atoms with Gasteiger partial charge >= 0.3 is 0 Å². The molecule has 0 bridgehead atoms. The Morgan fingerprint density at radius 2 is 2.29 bits per heavy atom. The lowest BCUT2D eigenvalue weighted by Crippen LogP contribution is -2.02. The standard InChI is InChI=1S/C11H15NO2/c1-12-9-3-2-4-10(13)11(9)14-7-8-5-6-8/h2-4,8,12-13H,5-7H2,1H3. The molecule has 0 aliphatic heterocycles. The Kier molecular flexibility index (Phi) is 2.48. The quantitative estimate of drug-likeness (QED) is 0.770. The summed E-state index contributed by atoms with van der Waals surface area (Å²) in [4.78, 5) is 0. The van der Waals surface area contributed by atoms with Crippen molar-refractivity contribution in [2.24, 2.45) is 5.92 Å². The van der Waals surface area contributed by atoms with E-state index in [0.717, 1.165) is 5.69 Å². The maximum absolute atomic E-state index is 9.59. The highest BCUT2D eigenvalue weighted by molar-refractivity contribution is 5.62. The van der Waals surface area contributed by atoms with E-state index < -0.39 is 0 Å². The minimum Gasteiger partial charge on any atom is -0.504 e. The number of phenolic OH excluding ortho intramolecular Hbond substituents is 1. The number of aromatic hydroxyl groups is 1. The van der Waals surface area contributed by atoms with E-state index in [0.29, 0.717) is 18.3 Å². The van der Waals surface area contributed by atoms with Gasteiger partial charge in [-0.1, -0.05) is 6.07 Å². The molecule has 1 fully saturated rings. The van der Waals surface area contributed by atoms with Crippen molar-refractivity contribution in [2.45, 2.75) is 12.8 Å². The maximum Gasteiger partial charge on any atom is 0.184 e. The summed E-state index contributed by atoms with van der Waals surface area (Å²) in [6, 6.07) is 5.33. The Bertz CT molecular complexity index is 321. The summed E-state index contributed by atoms with van der Waals surface area (Å²) in [5, 5.41) is 12.6. The number of nitrogens with one attached hydrogen (secondary N) is 1. The van der Waals surface area contributed by atoms with Crippen LogP contribution in [-0.4, -0.2) is 18.8 Å². The number of benzene rings is 1. The Labute approximate surface area is 83.7 Å². The van der Waals surface area contributed by atoms with Gasteiger partial charge < -0.3 is 15.2 Å². The Hall–Kier alpha value is -1.38. The van der Waals surface area contributed by atoms with Gasteiger partial charge in [-0.2, -0.15) is 0 Å². The first-order chi connectivity index (χ1) is 6.81. The predicted octanol–water partition coefficient (Wildman–Crippen LogP) is 2.22. The monoisotopic (exact) mass is 193 g/mol. The zero-order valence-electron chi connectivity index (χ0n) is 8.29. The molecule has 76 valence electrons. The molecular weight excluding hydrogens is 178 g/mol. The van der Waals surface area contributed by atoms with Gasteiger partial charge in [0.2, 0.25) is 0 Å². The van der Waals surface area contributed by atoms with E-state index in [-0.39, 0.29) is 5.75 Å². The fourth-order valence-corrected chi connectivity index (χ4v) is 1.36. The molecule has 0 saturated heterocycles. The van der Waals surface area contributed by atoms with Gasteiger partial charge in [0, 0.05) is 7.05 Å². The van der Waals surface area contributed by atoms with Crippen LogP contribution in [0.1, 0.15) is 12.8 Å². The van der Waals surface area contributed by atoms with Gasteiger partial charge in [-0.3, -0.25) is 0 Å². The van der Waals surface area contributed by atoms with Gasteiger partial charge in [-0.15, -0.1) is 0 Å². The molecular formula is C11H15NO2. The van der Waals surface area contributed by atoms with E-state index in [1.807, 2.05) is 13.1 Å². The maximum atomic E-state index is 9.59. The molecule has 0 radical (unpaired) electrons. The van der Waals surface area contributed by atoms with Crippen LogP contribution in [0.15, 0.2) is 18.2 Å². The summed E-state index contributed by atoms with van der Waals surface area (Å²) >= 11 is 0. The van der Waals surface area contributed by atoms with Crippen LogP contribution in [-0.2, 0) is 0 Å². The molecule has 14 heavy (non-hydrogen) atoms. The zero-order chi connectivity index (χ0) is 9.97. The summed E-state index contributed by atoms with van der Waals surface area (Å²) in [7, 11) is 1.82. The highest BCUT2D eigenvalue weighted by Gasteiger charge is 2.23. The first-order valence-electron chi connectivity index (χ1n) is 4.94. The highest BCUT2D eigenvalue weighted by Crippen LogP contribution is 2.36. The molecule has 2 rings (SSSR count). The minimum atomic E-state index is 0.206. The molecule has 0 aromatic heterocycles. The van der Waals surface area contributed by atoms with Crippen LogP contribution in [0.5, 0.6) is 11.5 Å². The van der Waals surface area contributed by atoms with Crippen molar-refractivity contribution in [3.8, 4) is 11.5 Å². The van der Waals surface area contributed by atoms with Crippen molar-refractivity contribution in [2.75, 3.05) is 19.0 Å². The number of hydrogen-bond acceptors (Lipinski definition) is 3. The second-order valence-electron chi connectivity index (χ2n) is 3.66. The van der Waals surface area contributed by atoms with Crippen LogP contribution < -0.4 is 10.1 Å². The average molecular weight is 193 g/mol. The van der Waals surface area contributed by atoms with E-state index >= 15 is 0 Å². The third kappa shape index (κ3) is 1.92. The third-order valence-corrected chi connectivity index (χ3v) is 2.42. The molecule has 1 aliphatic carbocycles. The second kappa shape index (κ2) is 3.78. The van der Waals surface area contributed by atoms with Crippen LogP contribution in [0.3, 0.4) is 0 Å². The fourth-order valence-electron chi connectivity index (χ4n) is 1.36. The van der Waals surface area contributed by atoms with Crippen molar-refractivity contribution in [1.29, 1.82) is 0 Å². The first-order valence-corrected chi connectivity index (χ1v) is 4.94. The van der Waals surface area contributed by atoms with Gasteiger partial charge in [0.05, 0.1) is 12.3 Å². The largest absolute Gasteiger partial charge is 0.504 e. The Morgan fingerprint density at radius 3 is 2.93 bits per heavy atom. The van der Waals surface area contributed by atoms with Crippen LogP contribution in [0.25, 0.3) is 0 Å². The normalized spacial score (nSPS) is 15.2. The molecule has 1 saturated carbocycles. The SMILES string of the molecule is CNc1cccc(O)c1OCC1CC1. The summed E-state index contributed by atoms with van der Waals surface area (Å²) < 4.78 is 5.57. The number of rotatable bonds is 4. The Morgan fingerprint density at radius 1 is 1.50 bits per heavy atom. The summed E-state index contributed by atoms with van der Waals surface area (Å²) in [6.07, 6.45) is 2.50. The van der Waals surface area contributed by atoms with E-state index in [9.17, 15) is 5.11 Å². The first kappa shape index (κ1) is 9.19. The van der Waals surface area contributed by atoms with Crippen LogP contribution in [0, 0.1) is 5.92 Å². The van der Waals surface area contributed by atoms with Crippen molar-refractivity contribution < 1.29 is 9.84 Å². The smallest absolute Gasteiger partial charge is 0.184 e. The van der Waals surface area contributed by atoms with Crippen LogP contribution >= 0.6 is 0 Å². The number of ether oxygens (including phenoxy) is 1. The van der Waals surface area contributed by atoms with Gasteiger partial charge in [0.15, 0.2) is 11.5 Å². The Balaban J connectivity index is 2.11. The van der Waals surface area contributed by atoms with E-state index in [1.54, 1.807) is 12.1 Å². The van der Waals surface area contributed by atoms with Gasteiger partial charge in [-0.25, -0.2) is 0 Å². The summed E-state index contributed by atoms with van der Waals surface area (Å²) in [5.41, 5.74) is 0.839. The van der Waals surface area contributed by atoms with Gasteiger partial charge in [0.1, 0.15) is 0 Å². The highest BCUT2D eigenvalue weighted by atomic mass is 16.5. The number of phenols is 1. The van der Waals surface area contributed by atoms with Crippen LogP contribution in [0.4, 0.5) is 5.69 Å². The van der Waals surface area contributed by atoms with Gasteiger partial charge in [0.25, 0.3) is 0 Å². The molecule has 3 nitrogen and oxygen atoms in total. The lowest BCUT2D eigenvalue weighted by molar-refractivity contribution is 0.286. The van der Waals surface area contributed by atoms with Crippen molar-refractivity contribution in [3.63, 3.8) is 0 Å². The number of para-hydroxylation sites is 1. The molecule has 3 heteroatoms. The van der Waals surface area contributed by atoms with Crippen molar-refractivity contribution in [1.82, 2.24) is 0 Å². The number of hydrogen-bond donors (Lipinski definition) is 2. The van der Waals surface area contributed by atoms with Crippen LogP contribution in [0.2, 0.25) is 0 Å². The number of anilines is 1. The topological polar surface area (TPSA) is 41.5 Å². The molecule has 1 aromatic rings. The molecule has 0 amide bonds. The third-order valence-electron chi connectivity index (χ3n) is 2.42. The molecule has 1 aliphatic rings. The van der Waals surface area contributed by atoms with Crippen molar-refractivity contribution in [3.05, 3.63) is 18.2 Å². The minimum absolute atomic E-state index is 0.206. The zero-order valence-corrected chi connectivity index (χ0v) is 8.29. The molecule has 0 spiro atoms. The molecule has 1 aromatic carbocycles. The molecule has 0 heterocycles. The summed E-state index contributed by atoms with van der Waals surface area (Å²) in [5.74, 6) is 1.47. The fraction of sp³-hybridized carbons (Fsp3) is 0.455. The lowest BCUT2D eigenvalue weighted by atomic mass is 10.2. The summed E-state index contributed by atoms with van der Waals surface area (Å²) in [6.45, 7) is 0.715. The van der Waals surface area contributed by atoms with E-state index in [4.69, 9.17) is 4.74 Å². The lowest BCUT2D eigenvalue weighted by Gasteiger charge is -2.11. The molecule has 0 atom stereocenters. The average Bonchev–Trinajstić information content (AvgIpc) is 2.99. The molecule has 0 unspecified atom stereocenters. The second-order valence-corrected chi connectivity index (χ2v) is 3.66. The molecule has 2 N–H and O–H groups in total. The predicted molar refractivity (Wildman–Crippen MR) is 55.9 cm³/mol. The van der Waals surface area contributed by atoms with Crippen molar-refractivity contribution >= 4 is 5.69 Å². The van der Waals surface area contributed by atoms with E-state index in [2.05, 4.69) is 5.32 Å². The van der Waals surface area contributed by atoms with Gasteiger partial charge in [-0.05, 0) is 30.9 Å².